The van der Waals surface area contributed by atoms with Gasteiger partial charge in [-0.3, -0.25) is 9.59 Å². The molecule has 0 aromatic rings. The van der Waals surface area contributed by atoms with E-state index in [1.165, 1.54) is 122 Å². The Bertz CT molecular complexity index is 603. The standard InChI is InChI=1S/C37H70O5/c1-3-5-7-9-11-13-15-17-19-21-23-25-27-29-31-36(39)41-34-35(33-38)42-37(40)32-30-28-26-24-22-20-18-16-14-12-10-8-6-4-2/h16,18,35,38H,3-15,17,19-34H2,1-2H3/b18-16-/t35-/m0/s1. The van der Waals surface area contributed by atoms with Crippen molar-refractivity contribution < 1.29 is 24.2 Å². The summed E-state index contributed by atoms with van der Waals surface area (Å²) in [7, 11) is 0. The predicted octanol–water partition coefficient (Wildman–Crippen LogP) is 11.0. The normalized spacial score (nSPS) is 12.2. The number of esters is 2. The first-order chi connectivity index (χ1) is 20.6. The molecule has 1 atom stereocenters. The van der Waals surface area contributed by atoms with E-state index in [0.29, 0.717) is 12.8 Å². The molecule has 0 aromatic heterocycles. The lowest BCUT2D eigenvalue weighted by Crippen LogP contribution is -2.28. The minimum atomic E-state index is -0.767. The fourth-order valence-corrected chi connectivity index (χ4v) is 5.25. The van der Waals surface area contributed by atoms with E-state index in [1.54, 1.807) is 0 Å². The van der Waals surface area contributed by atoms with Gasteiger partial charge in [0.05, 0.1) is 6.61 Å². The molecule has 1 N–H and O–H groups in total. The van der Waals surface area contributed by atoms with Gasteiger partial charge >= 0.3 is 11.9 Å². The van der Waals surface area contributed by atoms with Crippen molar-refractivity contribution in [3.8, 4) is 0 Å². The maximum atomic E-state index is 12.1. The van der Waals surface area contributed by atoms with Gasteiger partial charge in [-0.1, -0.05) is 154 Å². The molecule has 5 heteroatoms. The molecule has 0 saturated carbocycles. The number of hydrogen-bond acceptors (Lipinski definition) is 5. The molecule has 0 aromatic carbocycles. The number of allylic oxidation sites excluding steroid dienone is 2. The molecule has 5 nitrogen and oxygen atoms in total. The van der Waals surface area contributed by atoms with Gasteiger partial charge in [0.1, 0.15) is 6.61 Å². The maximum absolute atomic E-state index is 12.1. The Labute approximate surface area is 261 Å². The summed E-state index contributed by atoms with van der Waals surface area (Å²) >= 11 is 0. The van der Waals surface area contributed by atoms with Gasteiger partial charge in [0, 0.05) is 12.8 Å². The van der Waals surface area contributed by atoms with Crippen molar-refractivity contribution in [1.82, 2.24) is 0 Å². The first-order valence-electron chi connectivity index (χ1n) is 18.2. The van der Waals surface area contributed by atoms with E-state index in [2.05, 4.69) is 26.0 Å². The Morgan fingerprint density at radius 3 is 1.29 bits per heavy atom. The smallest absolute Gasteiger partial charge is 0.306 e. The Morgan fingerprint density at radius 1 is 0.524 bits per heavy atom. The van der Waals surface area contributed by atoms with Crippen LogP contribution in [0.4, 0.5) is 0 Å². The van der Waals surface area contributed by atoms with Crippen LogP contribution in [0, 0.1) is 0 Å². The van der Waals surface area contributed by atoms with Crippen molar-refractivity contribution in [3.05, 3.63) is 12.2 Å². The van der Waals surface area contributed by atoms with Crippen LogP contribution in [-0.2, 0) is 19.1 Å². The molecule has 248 valence electrons. The summed E-state index contributed by atoms with van der Waals surface area (Å²) in [5.41, 5.74) is 0. The minimum absolute atomic E-state index is 0.0636. The van der Waals surface area contributed by atoms with Crippen LogP contribution in [0.15, 0.2) is 12.2 Å². The number of ether oxygens (including phenoxy) is 2. The number of aliphatic hydroxyl groups is 1. The third-order valence-electron chi connectivity index (χ3n) is 8.06. The number of rotatable bonds is 33. The zero-order chi connectivity index (χ0) is 30.8. The van der Waals surface area contributed by atoms with Gasteiger partial charge in [-0.2, -0.15) is 0 Å². The third-order valence-corrected chi connectivity index (χ3v) is 8.06. The van der Waals surface area contributed by atoms with Crippen LogP contribution < -0.4 is 0 Å². The van der Waals surface area contributed by atoms with Crippen LogP contribution in [0.2, 0.25) is 0 Å². The van der Waals surface area contributed by atoms with E-state index in [-0.39, 0.29) is 25.2 Å². The van der Waals surface area contributed by atoms with E-state index < -0.39 is 6.10 Å². The minimum Gasteiger partial charge on any atom is -0.462 e. The Hall–Kier alpha value is -1.36. The molecule has 0 spiro atoms. The lowest BCUT2D eigenvalue weighted by molar-refractivity contribution is -0.161. The van der Waals surface area contributed by atoms with Gasteiger partial charge in [-0.15, -0.1) is 0 Å². The second-order valence-electron chi connectivity index (χ2n) is 12.3. The number of unbranched alkanes of at least 4 members (excludes halogenated alkanes) is 23. The van der Waals surface area contributed by atoms with Crippen LogP contribution in [-0.4, -0.2) is 36.4 Å². The van der Waals surface area contributed by atoms with Crippen molar-refractivity contribution in [3.63, 3.8) is 0 Å². The first kappa shape index (κ1) is 40.6. The largest absolute Gasteiger partial charge is 0.462 e. The molecule has 0 aliphatic heterocycles. The van der Waals surface area contributed by atoms with Gasteiger partial charge in [-0.05, 0) is 38.5 Å². The SMILES string of the molecule is CCCCCCC/C=C\CCCCCCCC(=O)O[C@@H](CO)COC(=O)CCCCCCCCCCCCCCCC. The molecular formula is C37H70O5. The summed E-state index contributed by atoms with van der Waals surface area (Å²) in [4.78, 5) is 24.2. The van der Waals surface area contributed by atoms with E-state index >= 15 is 0 Å². The highest BCUT2D eigenvalue weighted by molar-refractivity contribution is 5.70. The first-order valence-corrected chi connectivity index (χ1v) is 18.2. The van der Waals surface area contributed by atoms with Crippen molar-refractivity contribution in [2.24, 2.45) is 0 Å². The van der Waals surface area contributed by atoms with Gasteiger partial charge in [-0.25, -0.2) is 0 Å². The number of hydrogen-bond donors (Lipinski definition) is 1. The second-order valence-corrected chi connectivity index (χ2v) is 12.3. The average Bonchev–Trinajstić information content (AvgIpc) is 2.99. The van der Waals surface area contributed by atoms with E-state index in [9.17, 15) is 14.7 Å². The van der Waals surface area contributed by atoms with E-state index in [4.69, 9.17) is 9.47 Å². The van der Waals surface area contributed by atoms with Crippen LogP contribution in [0.25, 0.3) is 0 Å². The monoisotopic (exact) mass is 595 g/mol. The van der Waals surface area contributed by atoms with Gasteiger partial charge in [0.15, 0.2) is 6.10 Å². The predicted molar refractivity (Wildman–Crippen MR) is 178 cm³/mol. The van der Waals surface area contributed by atoms with E-state index in [0.717, 1.165) is 44.9 Å². The summed E-state index contributed by atoms with van der Waals surface area (Å²) < 4.78 is 10.6. The topological polar surface area (TPSA) is 72.8 Å². The van der Waals surface area contributed by atoms with Gasteiger partial charge < -0.3 is 14.6 Å². The molecule has 0 saturated heterocycles. The Balaban J connectivity index is 3.55. The zero-order valence-corrected chi connectivity index (χ0v) is 28.0. The fraction of sp³-hybridized carbons (Fsp3) is 0.892. The summed E-state index contributed by atoms with van der Waals surface area (Å²) in [6.07, 6.45) is 36.9. The van der Waals surface area contributed by atoms with Crippen LogP contribution in [0.1, 0.15) is 194 Å². The Kier molecular flexibility index (Phi) is 33.0. The summed E-state index contributed by atoms with van der Waals surface area (Å²) in [5.74, 6) is -0.593. The summed E-state index contributed by atoms with van der Waals surface area (Å²) in [6, 6.07) is 0. The average molecular weight is 595 g/mol. The summed E-state index contributed by atoms with van der Waals surface area (Å²) in [6.45, 7) is 4.12. The molecule has 0 bridgehead atoms. The van der Waals surface area contributed by atoms with Crippen LogP contribution in [0.3, 0.4) is 0 Å². The number of carbonyl (C=O) groups excluding carboxylic acids is 2. The molecule has 0 aliphatic rings. The lowest BCUT2D eigenvalue weighted by atomic mass is 10.0. The quantitative estimate of drug-likeness (QED) is 0.0465. The molecular weight excluding hydrogens is 524 g/mol. The molecule has 0 fully saturated rings. The molecule has 0 aliphatic carbocycles. The number of aliphatic hydroxyl groups excluding tert-OH is 1. The molecule has 42 heavy (non-hydrogen) atoms. The summed E-state index contributed by atoms with van der Waals surface area (Å²) in [5, 5.41) is 9.52. The van der Waals surface area contributed by atoms with Crippen LogP contribution in [0.5, 0.6) is 0 Å². The third kappa shape index (κ3) is 31.6. The van der Waals surface area contributed by atoms with Crippen LogP contribution >= 0.6 is 0 Å². The zero-order valence-electron chi connectivity index (χ0n) is 28.0. The molecule has 0 rings (SSSR count). The number of carbonyl (C=O) groups is 2. The molecule has 0 amide bonds. The molecule has 0 radical (unpaired) electrons. The van der Waals surface area contributed by atoms with Crippen molar-refractivity contribution in [2.75, 3.05) is 13.2 Å². The highest BCUT2D eigenvalue weighted by atomic mass is 16.6. The Morgan fingerprint density at radius 2 is 0.881 bits per heavy atom. The highest BCUT2D eigenvalue weighted by Gasteiger charge is 2.16. The second kappa shape index (κ2) is 34.1. The molecule has 0 unspecified atom stereocenters. The van der Waals surface area contributed by atoms with Crippen molar-refractivity contribution in [1.29, 1.82) is 0 Å². The lowest BCUT2D eigenvalue weighted by Gasteiger charge is -2.15. The van der Waals surface area contributed by atoms with Gasteiger partial charge in [0.25, 0.3) is 0 Å². The van der Waals surface area contributed by atoms with Gasteiger partial charge in [0.2, 0.25) is 0 Å². The highest BCUT2D eigenvalue weighted by Crippen LogP contribution is 2.14. The fourth-order valence-electron chi connectivity index (χ4n) is 5.25. The van der Waals surface area contributed by atoms with Crippen molar-refractivity contribution in [2.45, 2.75) is 200 Å². The maximum Gasteiger partial charge on any atom is 0.306 e. The molecule has 0 heterocycles. The van der Waals surface area contributed by atoms with Crippen molar-refractivity contribution >= 4 is 11.9 Å². The van der Waals surface area contributed by atoms with E-state index in [1.807, 2.05) is 0 Å².